The van der Waals surface area contributed by atoms with Crippen molar-refractivity contribution in [2.24, 2.45) is 4.99 Å². The van der Waals surface area contributed by atoms with Gasteiger partial charge in [0.15, 0.2) is 17.6 Å². The first kappa shape index (κ1) is 32.0. The number of hydrogen-bond acceptors (Lipinski definition) is 10. The van der Waals surface area contributed by atoms with Crippen LogP contribution in [0.5, 0.6) is 28.7 Å². The fraction of sp³-hybridized carbons (Fsp3) is 0.342. The first-order valence-electron chi connectivity index (χ1n) is 16.2. The normalized spacial score (nSPS) is 18.9. The molecule has 250 valence electrons. The van der Waals surface area contributed by atoms with E-state index < -0.39 is 12.2 Å². The van der Waals surface area contributed by atoms with Crippen molar-refractivity contribution >= 4 is 6.08 Å². The number of aliphatic hydroxyl groups excluding tert-OH is 2. The number of nitrogens with one attached hydrogen (secondary N) is 1. The summed E-state index contributed by atoms with van der Waals surface area (Å²) in [5, 5.41) is 46.2. The highest BCUT2D eigenvalue weighted by Crippen LogP contribution is 2.52. The van der Waals surface area contributed by atoms with Gasteiger partial charge >= 0.3 is 0 Å². The molecule has 0 spiro atoms. The molecule has 7 rings (SSSR count). The van der Waals surface area contributed by atoms with Gasteiger partial charge in [0.25, 0.3) is 0 Å². The number of fused-ring (bicyclic) bond motifs is 6. The van der Waals surface area contributed by atoms with Crippen LogP contribution in [0.25, 0.3) is 17.2 Å². The summed E-state index contributed by atoms with van der Waals surface area (Å²) in [5.74, 6) is 1.67. The zero-order valence-electron chi connectivity index (χ0n) is 27.0. The second-order valence-corrected chi connectivity index (χ2v) is 12.5. The number of aliphatic hydroxyl groups is 2. The Bertz CT molecular complexity index is 1960. The Morgan fingerprint density at radius 1 is 0.958 bits per heavy atom. The van der Waals surface area contributed by atoms with E-state index in [1.54, 1.807) is 24.3 Å². The van der Waals surface area contributed by atoms with Gasteiger partial charge in [-0.2, -0.15) is 0 Å². The number of ether oxygens (including phenoxy) is 4. The molecule has 0 saturated heterocycles. The molecule has 5 N–H and O–H groups in total. The van der Waals surface area contributed by atoms with Crippen molar-refractivity contribution in [3.63, 3.8) is 0 Å². The molecular formula is C38H40N2O8. The van der Waals surface area contributed by atoms with E-state index in [-0.39, 0.29) is 36.7 Å². The highest BCUT2D eigenvalue weighted by atomic mass is 16.6. The van der Waals surface area contributed by atoms with Crippen LogP contribution in [0, 0.1) is 0 Å². The van der Waals surface area contributed by atoms with E-state index in [2.05, 4.69) is 34.6 Å². The van der Waals surface area contributed by atoms with Crippen LogP contribution in [-0.2, 0) is 24.0 Å². The van der Waals surface area contributed by atoms with Gasteiger partial charge in [0, 0.05) is 23.6 Å². The molecule has 0 fully saturated rings. The molecule has 4 aromatic rings. The zero-order valence-corrected chi connectivity index (χ0v) is 27.0. The lowest BCUT2D eigenvalue weighted by Gasteiger charge is -2.38. The lowest BCUT2D eigenvalue weighted by molar-refractivity contribution is -0.0429. The monoisotopic (exact) mass is 652 g/mol. The van der Waals surface area contributed by atoms with Crippen LogP contribution >= 0.6 is 0 Å². The summed E-state index contributed by atoms with van der Waals surface area (Å²) < 4.78 is 24.8. The molecule has 10 heteroatoms. The van der Waals surface area contributed by atoms with Crippen LogP contribution in [0.1, 0.15) is 39.8 Å². The van der Waals surface area contributed by atoms with Crippen molar-refractivity contribution in [3.8, 4) is 39.9 Å². The van der Waals surface area contributed by atoms with Crippen molar-refractivity contribution in [2.45, 2.75) is 43.5 Å². The molecule has 10 nitrogen and oxygen atoms in total. The molecule has 0 aromatic heterocycles. The first-order chi connectivity index (χ1) is 23.4. The average Bonchev–Trinajstić information content (AvgIpc) is 3.57. The van der Waals surface area contributed by atoms with Gasteiger partial charge in [-0.05, 0) is 95.2 Å². The smallest absolute Gasteiger partial charge is 0.160 e. The molecule has 4 aromatic carbocycles. The van der Waals surface area contributed by atoms with Crippen molar-refractivity contribution < 1.29 is 39.4 Å². The maximum atomic E-state index is 10.7. The molecule has 2 heterocycles. The third-order valence-corrected chi connectivity index (χ3v) is 9.49. The second kappa shape index (κ2) is 13.5. The van der Waals surface area contributed by atoms with Crippen LogP contribution in [0.15, 0.2) is 65.7 Å². The van der Waals surface area contributed by atoms with E-state index in [1.165, 1.54) is 12.7 Å². The average molecular weight is 653 g/mol. The molecule has 0 unspecified atom stereocenters. The Morgan fingerprint density at radius 2 is 1.81 bits per heavy atom. The summed E-state index contributed by atoms with van der Waals surface area (Å²) in [6.45, 7) is 0.260. The Balaban J connectivity index is 1.37. The molecule has 48 heavy (non-hydrogen) atoms. The van der Waals surface area contributed by atoms with Crippen molar-refractivity contribution in [3.05, 3.63) is 99.1 Å². The van der Waals surface area contributed by atoms with Crippen molar-refractivity contribution in [2.75, 3.05) is 40.6 Å². The van der Waals surface area contributed by atoms with Crippen molar-refractivity contribution in [1.29, 1.82) is 0 Å². The predicted octanol–water partition coefficient (Wildman–Crippen LogP) is 3.04. The van der Waals surface area contributed by atoms with Gasteiger partial charge in [0.05, 0.1) is 39.0 Å². The molecule has 1 aliphatic carbocycles. The maximum absolute atomic E-state index is 10.7. The molecule has 2 aliphatic heterocycles. The lowest BCUT2D eigenvalue weighted by Crippen LogP contribution is -2.36. The summed E-state index contributed by atoms with van der Waals surface area (Å²) in [4.78, 5) is 4.54. The molecule has 3 atom stereocenters. The Kier molecular flexibility index (Phi) is 8.98. The second-order valence-electron chi connectivity index (χ2n) is 12.5. The number of benzene rings is 4. The number of rotatable bonds is 11. The third kappa shape index (κ3) is 5.97. The molecule has 0 saturated carbocycles. The topological polar surface area (TPSA) is 142 Å². The van der Waals surface area contributed by atoms with Crippen molar-refractivity contribution in [1.82, 2.24) is 5.32 Å². The molecule has 0 radical (unpaired) electrons. The standard InChI is InChI=1S/C38H40N2O8/c1-39-20-46-36-16-29-30-13-24(12-21-3-7-31-22(11-21)9-10-40-31)28-15-25(43)5-6-27(28)37(30)35(47-26(18-41)19-42)17-33(29)48-38(36)23-4-8-32(44)34(14-23)45-2/h3-9,11,14-15,17,24,26,36,38-39,41-44H,10,12-13,16,18-20H2,1-2H3/t24-,36-,38-/m1/s1. The van der Waals surface area contributed by atoms with Crippen LogP contribution in [0.4, 0.5) is 0 Å². The minimum absolute atomic E-state index is 0.0255. The molecule has 0 bridgehead atoms. The number of hydrogen-bond donors (Lipinski definition) is 5. The summed E-state index contributed by atoms with van der Waals surface area (Å²) in [5.41, 5.74) is 6.78. The minimum Gasteiger partial charge on any atom is -0.508 e. The van der Waals surface area contributed by atoms with E-state index in [4.69, 9.17) is 18.9 Å². The van der Waals surface area contributed by atoms with E-state index in [0.29, 0.717) is 43.4 Å². The highest BCUT2D eigenvalue weighted by Gasteiger charge is 2.39. The van der Waals surface area contributed by atoms with Gasteiger partial charge in [-0.3, -0.25) is 10.3 Å². The fourth-order valence-corrected chi connectivity index (χ4v) is 7.21. The fourth-order valence-electron chi connectivity index (χ4n) is 7.21. The van der Waals surface area contributed by atoms with Gasteiger partial charge in [-0.25, -0.2) is 0 Å². The quantitative estimate of drug-likeness (QED) is 0.155. The summed E-state index contributed by atoms with van der Waals surface area (Å²) in [7, 11) is 3.33. The van der Waals surface area contributed by atoms with Gasteiger partial charge in [0.2, 0.25) is 0 Å². The molecule has 0 amide bonds. The number of methoxy groups -OCH3 is 1. The number of phenols is 2. The first-order valence-corrected chi connectivity index (χ1v) is 16.2. The Morgan fingerprint density at radius 3 is 2.60 bits per heavy atom. The SMILES string of the molecule is CNCO[C@@H]1Cc2c(cc(OC(CO)CO)c3c2C[C@@H](Cc2ccc4c(c2)=CCN=4)c2cc(O)ccc2-3)O[C@@H]1c1ccc(O)c(OC)c1. The number of nitrogens with zero attached hydrogens (tertiary/aromatic N) is 1. The number of phenolic OH excluding ortho intramolecular Hbond substituents is 2. The third-order valence-electron chi connectivity index (χ3n) is 9.49. The van der Waals surface area contributed by atoms with Gasteiger partial charge in [-0.1, -0.05) is 24.3 Å². The molecular weight excluding hydrogens is 612 g/mol. The lowest BCUT2D eigenvalue weighted by atomic mass is 9.73. The van der Waals surface area contributed by atoms with Crippen LogP contribution in [-0.4, -0.2) is 73.3 Å². The summed E-state index contributed by atoms with van der Waals surface area (Å²) in [6.07, 6.45) is 2.29. The van der Waals surface area contributed by atoms with E-state index >= 15 is 0 Å². The maximum Gasteiger partial charge on any atom is 0.160 e. The Hall–Kier alpha value is -4.61. The van der Waals surface area contributed by atoms with Crippen LogP contribution in [0.2, 0.25) is 0 Å². The molecule has 3 aliphatic rings. The zero-order chi connectivity index (χ0) is 33.4. The largest absolute Gasteiger partial charge is 0.508 e. The Labute approximate surface area is 278 Å². The van der Waals surface area contributed by atoms with Gasteiger partial charge in [0.1, 0.15) is 29.5 Å². The van der Waals surface area contributed by atoms with Crippen LogP contribution in [0.3, 0.4) is 0 Å². The minimum atomic E-state index is -0.842. The van der Waals surface area contributed by atoms with Gasteiger partial charge in [-0.15, -0.1) is 0 Å². The number of aromatic hydroxyl groups is 2. The van der Waals surface area contributed by atoms with Gasteiger partial charge < -0.3 is 39.4 Å². The van der Waals surface area contributed by atoms with E-state index in [9.17, 15) is 20.4 Å². The summed E-state index contributed by atoms with van der Waals surface area (Å²) >= 11 is 0. The van der Waals surface area contributed by atoms with Crippen LogP contribution < -0.4 is 30.1 Å². The predicted molar refractivity (Wildman–Crippen MR) is 179 cm³/mol. The van der Waals surface area contributed by atoms with E-state index in [0.717, 1.165) is 50.4 Å². The highest BCUT2D eigenvalue weighted by molar-refractivity contribution is 5.83. The summed E-state index contributed by atoms with van der Waals surface area (Å²) in [6, 6.07) is 18.8. The van der Waals surface area contributed by atoms with E-state index in [1.807, 2.05) is 25.2 Å².